The van der Waals surface area contributed by atoms with E-state index in [9.17, 15) is 9.59 Å². The lowest BCUT2D eigenvalue weighted by molar-refractivity contribution is -0.116. The number of rotatable bonds is 7. The zero-order valence-corrected chi connectivity index (χ0v) is 14.0. The van der Waals surface area contributed by atoms with Crippen LogP contribution >= 0.6 is 0 Å². The van der Waals surface area contributed by atoms with Crippen molar-refractivity contribution in [3.8, 4) is 5.75 Å². The van der Waals surface area contributed by atoms with E-state index in [-0.39, 0.29) is 11.7 Å². The van der Waals surface area contributed by atoms with Crippen LogP contribution in [0.25, 0.3) is 10.9 Å². The lowest BCUT2D eigenvalue weighted by Crippen LogP contribution is -2.12. The molecule has 0 saturated heterocycles. The second-order valence-corrected chi connectivity index (χ2v) is 5.86. The highest BCUT2D eigenvalue weighted by Crippen LogP contribution is 2.18. The molecule has 0 saturated carbocycles. The number of aromatic nitrogens is 1. The number of fused-ring (bicyclic) bond motifs is 1. The van der Waals surface area contributed by atoms with E-state index in [0.717, 1.165) is 16.6 Å². The smallest absolute Gasteiger partial charge is 0.224 e. The van der Waals surface area contributed by atoms with Crippen LogP contribution in [0, 0.1) is 0 Å². The number of Topliss-reactive ketones (excluding diaryl/α,β-unsaturated/α-hetero) is 1. The fourth-order valence-electron chi connectivity index (χ4n) is 2.58. The van der Waals surface area contributed by atoms with E-state index in [0.29, 0.717) is 30.8 Å². The Balaban J connectivity index is 1.44. The lowest BCUT2D eigenvalue weighted by Gasteiger charge is -2.08. The summed E-state index contributed by atoms with van der Waals surface area (Å²) in [7, 11) is 0. The number of ether oxygens (including phenoxy) is 1. The predicted molar refractivity (Wildman–Crippen MR) is 98.1 cm³/mol. The first-order valence-electron chi connectivity index (χ1n) is 8.22. The maximum absolute atomic E-state index is 12.0. The summed E-state index contributed by atoms with van der Waals surface area (Å²) in [5.41, 5.74) is 2.45. The molecular weight excluding hydrogens is 316 g/mol. The van der Waals surface area contributed by atoms with Crippen LogP contribution in [0.15, 0.2) is 54.7 Å². The topological polar surface area (TPSA) is 71.2 Å². The number of carbonyl (C=O) groups is 2. The van der Waals surface area contributed by atoms with Gasteiger partial charge in [-0.05, 0) is 49.7 Å². The van der Waals surface area contributed by atoms with Crippen LogP contribution in [0.1, 0.15) is 30.1 Å². The zero-order valence-electron chi connectivity index (χ0n) is 14.0. The molecule has 0 fully saturated rings. The summed E-state index contributed by atoms with van der Waals surface area (Å²) in [6.07, 6.45) is 2.84. The van der Waals surface area contributed by atoms with Gasteiger partial charge in [-0.25, -0.2) is 0 Å². The van der Waals surface area contributed by atoms with Gasteiger partial charge in [-0.1, -0.05) is 12.1 Å². The number of H-pyrrole nitrogens is 1. The highest BCUT2D eigenvalue weighted by molar-refractivity contribution is 5.94. The molecule has 1 aromatic heterocycles. The van der Waals surface area contributed by atoms with Gasteiger partial charge < -0.3 is 15.0 Å². The van der Waals surface area contributed by atoms with Crippen LogP contribution in [0.2, 0.25) is 0 Å². The molecule has 0 radical (unpaired) electrons. The molecular formula is C20H20N2O3. The van der Waals surface area contributed by atoms with Crippen molar-refractivity contribution in [1.82, 2.24) is 4.98 Å². The maximum Gasteiger partial charge on any atom is 0.224 e. The number of ketones is 1. The van der Waals surface area contributed by atoms with Crippen molar-refractivity contribution in [2.75, 3.05) is 11.9 Å². The lowest BCUT2D eigenvalue weighted by atomic mass is 10.1. The van der Waals surface area contributed by atoms with Crippen LogP contribution in [-0.4, -0.2) is 23.3 Å². The van der Waals surface area contributed by atoms with Crippen molar-refractivity contribution in [3.05, 3.63) is 60.3 Å². The number of hydrogen-bond acceptors (Lipinski definition) is 3. The van der Waals surface area contributed by atoms with E-state index in [1.54, 1.807) is 24.3 Å². The number of hydrogen-bond donors (Lipinski definition) is 2. The SMILES string of the molecule is CC(=O)c1cccc(OCCCC(=O)Nc2ccc3[nH]ccc3c2)c1. The minimum atomic E-state index is -0.0454. The Morgan fingerprint density at radius 3 is 2.84 bits per heavy atom. The van der Waals surface area contributed by atoms with Gasteiger partial charge in [0, 0.05) is 34.8 Å². The Morgan fingerprint density at radius 2 is 2.00 bits per heavy atom. The monoisotopic (exact) mass is 336 g/mol. The Bertz CT molecular complexity index is 899. The molecule has 1 heterocycles. The number of carbonyl (C=O) groups excluding carboxylic acids is 2. The van der Waals surface area contributed by atoms with Crippen LogP contribution < -0.4 is 10.1 Å². The average molecular weight is 336 g/mol. The van der Waals surface area contributed by atoms with Gasteiger partial charge in [-0.2, -0.15) is 0 Å². The summed E-state index contributed by atoms with van der Waals surface area (Å²) in [6, 6.07) is 14.8. The molecule has 0 aliphatic heterocycles. The molecule has 0 aliphatic carbocycles. The Labute approximate surface area is 146 Å². The molecule has 0 unspecified atom stereocenters. The summed E-state index contributed by atoms with van der Waals surface area (Å²) in [4.78, 5) is 26.5. The van der Waals surface area contributed by atoms with Crippen LogP contribution in [0.5, 0.6) is 5.75 Å². The molecule has 0 aliphatic rings. The standard InChI is InChI=1S/C20H20N2O3/c1-14(23)15-4-2-5-18(13-15)25-11-3-6-20(24)22-17-7-8-19-16(12-17)9-10-21-19/h2,4-5,7-10,12-13,21H,3,6,11H2,1H3,(H,22,24). The van der Waals surface area contributed by atoms with E-state index >= 15 is 0 Å². The summed E-state index contributed by atoms with van der Waals surface area (Å²) in [6.45, 7) is 1.94. The third-order valence-corrected chi connectivity index (χ3v) is 3.89. The molecule has 2 N–H and O–H groups in total. The molecule has 3 aromatic rings. The predicted octanol–water partition coefficient (Wildman–Crippen LogP) is 4.17. The number of aromatic amines is 1. The van der Waals surface area contributed by atoms with E-state index < -0.39 is 0 Å². The number of amides is 1. The molecule has 1 amide bonds. The number of nitrogens with one attached hydrogen (secondary N) is 2. The first-order chi connectivity index (χ1) is 12.1. The maximum atomic E-state index is 12.0. The highest BCUT2D eigenvalue weighted by atomic mass is 16.5. The van der Waals surface area contributed by atoms with Gasteiger partial charge in [-0.3, -0.25) is 9.59 Å². The van der Waals surface area contributed by atoms with Crippen molar-refractivity contribution in [1.29, 1.82) is 0 Å². The molecule has 5 heteroatoms. The molecule has 128 valence electrons. The third-order valence-electron chi connectivity index (χ3n) is 3.89. The molecule has 5 nitrogen and oxygen atoms in total. The Morgan fingerprint density at radius 1 is 1.12 bits per heavy atom. The number of benzene rings is 2. The van der Waals surface area contributed by atoms with E-state index in [1.165, 1.54) is 6.92 Å². The minimum Gasteiger partial charge on any atom is -0.494 e. The quantitative estimate of drug-likeness (QED) is 0.502. The van der Waals surface area contributed by atoms with Gasteiger partial charge >= 0.3 is 0 Å². The van der Waals surface area contributed by atoms with E-state index in [2.05, 4.69) is 10.3 Å². The van der Waals surface area contributed by atoms with Gasteiger partial charge in [0.2, 0.25) is 5.91 Å². The van der Waals surface area contributed by atoms with E-state index in [1.807, 2.05) is 30.5 Å². The molecule has 0 atom stereocenters. The van der Waals surface area contributed by atoms with Gasteiger partial charge in [0.05, 0.1) is 6.61 Å². The van der Waals surface area contributed by atoms with Crippen LogP contribution in [0.3, 0.4) is 0 Å². The highest BCUT2D eigenvalue weighted by Gasteiger charge is 2.05. The first kappa shape index (κ1) is 16.8. The number of anilines is 1. The summed E-state index contributed by atoms with van der Waals surface area (Å²) in [5, 5.41) is 3.96. The fraction of sp³-hybridized carbons (Fsp3) is 0.200. The summed E-state index contributed by atoms with van der Waals surface area (Å²) < 4.78 is 5.61. The molecule has 2 aromatic carbocycles. The van der Waals surface area contributed by atoms with Crippen LogP contribution in [0.4, 0.5) is 5.69 Å². The van der Waals surface area contributed by atoms with Crippen molar-refractivity contribution in [2.45, 2.75) is 19.8 Å². The fourth-order valence-corrected chi connectivity index (χ4v) is 2.58. The third kappa shape index (κ3) is 4.47. The van der Waals surface area contributed by atoms with Gasteiger partial charge in [0.15, 0.2) is 5.78 Å². The van der Waals surface area contributed by atoms with Gasteiger partial charge in [-0.15, -0.1) is 0 Å². The zero-order chi connectivity index (χ0) is 17.6. The van der Waals surface area contributed by atoms with Gasteiger partial charge in [0.1, 0.15) is 5.75 Å². The molecule has 3 rings (SSSR count). The second-order valence-electron chi connectivity index (χ2n) is 5.86. The van der Waals surface area contributed by atoms with E-state index in [4.69, 9.17) is 4.74 Å². The summed E-state index contributed by atoms with van der Waals surface area (Å²) >= 11 is 0. The van der Waals surface area contributed by atoms with Crippen molar-refractivity contribution in [3.63, 3.8) is 0 Å². The van der Waals surface area contributed by atoms with Crippen molar-refractivity contribution in [2.24, 2.45) is 0 Å². The summed E-state index contributed by atoms with van der Waals surface area (Å²) in [5.74, 6) is 0.603. The van der Waals surface area contributed by atoms with Crippen molar-refractivity contribution >= 4 is 28.3 Å². The normalized spacial score (nSPS) is 10.6. The Kier molecular flexibility index (Phi) is 5.14. The minimum absolute atomic E-state index is 0.00391. The first-order valence-corrected chi connectivity index (χ1v) is 8.22. The Hall–Kier alpha value is -3.08. The molecule has 25 heavy (non-hydrogen) atoms. The van der Waals surface area contributed by atoms with Crippen molar-refractivity contribution < 1.29 is 14.3 Å². The average Bonchev–Trinajstić information content (AvgIpc) is 3.07. The molecule has 0 spiro atoms. The van der Waals surface area contributed by atoms with Gasteiger partial charge in [0.25, 0.3) is 0 Å². The second kappa shape index (κ2) is 7.66. The largest absolute Gasteiger partial charge is 0.494 e. The van der Waals surface area contributed by atoms with Crippen LogP contribution in [-0.2, 0) is 4.79 Å². The molecule has 0 bridgehead atoms.